The second-order valence-electron chi connectivity index (χ2n) is 8.37. The average Bonchev–Trinajstić information content (AvgIpc) is 3.39. The maximum absolute atomic E-state index is 13.3. The first-order chi connectivity index (χ1) is 15.0. The van der Waals surface area contributed by atoms with Crippen molar-refractivity contribution in [3.8, 4) is 0 Å². The number of thiazole rings is 1. The van der Waals surface area contributed by atoms with Gasteiger partial charge in [-0.3, -0.25) is 14.6 Å². The molecule has 8 nitrogen and oxygen atoms in total. The van der Waals surface area contributed by atoms with Crippen LogP contribution in [0.2, 0.25) is 0 Å². The van der Waals surface area contributed by atoms with Crippen LogP contribution in [0, 0.1) is 50.0 Å². The van der Waals surface area contributed by atoms with Crippen molar-refractivity contribution in [3.05, 3.63) is 34.6 Å². The fourth-order valence-electron chi connectivity index (χ4n) is 4.58. The van der Waals surface area contributed by atoms with Crippen LogP contribution in [0.5, 0.6) is 0 Å². The zero-order valence-corrected chi connectivity index (χ0v) is 23.6. The van der Waals surface area contributed by atoms with Crippen LogP contribution in [-0.4, -0.2) is 47.3 Å². The number of guanidine groups is 1. The standard InChI is InChI=1S/C22H29N6O2S.Ac/c23-22(24)25-11-5-9-16(19(29)21-28-15-8-3-4-10-18(15)31-21)27-20(30)17-12-13-6-1-2-7-14(13)26-17;/h3-4,8,10,13-14,16-17H,1-2,5-7,9,11-12H2,(H,27,30)(H4,23,24,25);/q-1;/t13?,14?,16?,17-;/m0./s1. The van der Waals surface area contributed by atoms with Crippen LogP contribution in [0.4, 0.5) is 0 Å². The molecule has 4 rings (SSSR count). The number of para-hydroxylation sites is 1. The number of hydrogen-bond donors (Lipinski definition) is 3. The van der Waals surface area contributed by atoms with Crippen molar-refractivity contribution in [2.75, 3.05) is 6.54 Å². The van der Waals surface area contributed by atoms with E-state index in [9.17, 15) is 9.59 Å². The summed E-state index contributed by atoms with van der Waals surface area (Å²) in [6, 6.07) is 6.90. The summed E-state index contributed by atoms with van der Waals surface area (Å²) in [4.78, 5) is 34.7. The molecule has 2 fully saturated rings. The van der Waals surface area contributed by atoms with E-state index >= 15 is 0 Å². The number of rotatable bonds is 8. The van der Waals surface area contributed by atoms with Crippen molar-refractivity contribution >= 4 is 39.2 Å². The van der Waals surface area contributed by atoms with Gasteiger partial charge in [0.1, 0.15) is 0 Å². The SMILES string of the molecule is NC(N)=NCCCC(NC(=O)[C@@H]1CC2CCCCC2[N-]1)C(=O)c1nc2ccccc2s1.[Ac]. The van der Waals surface area contributed by atoms with Crippen molar-refractivity contribution in [3.63, 3.8) is 0 Å². The van der Waals surface area contributed by atoms with Gasteiger partial charge in [0.15, 0.2) is 11.0 Å². The predicted octanol–water partition coefficient (Wildman–Crippen LogP) is 2.72. The number of Topliss-reactive ketones (excluding diaryl/α,β-unsaturated/α-hetero) is 1. The van der Waals surface area contributed by atoms with Crippen LogP contribution < -0.4 is 16.8 Å². The number of aromatic nitrogens is 1. The Morgan fingerprint density at radius 1 is 1.25 bits per heavy atom. The molecule has 4 atom stereocenters. The van der Waals surface area contributed by atoms with E-state index in [0.717, 1.165) is 29.5 Å². The Kier molecular flexibility index (Phi) is 9.47. The summed E-state index contributed by atoms with van der Waals surface area (Å²) in [5, 5.41) is 8.14. The maximum Gasteiger partial charge on any atom is 0.213 e. The first-order valence-corrected chi connectivity index (χ1v) is 11.8. The van der Waals surface area contributed by atoms with Gasteiger partial charge in [0.05, 0.1) is 16.3 Å². The molecule has 5 N–H and O–H groups in total. The summed E-state index contributed by atoms with van der Waals surface area (Å²) in [6.45, 7) is 0.403. The largest absolute Gasteiger partial charge is 0.649 e. The minimum absolute atomic E-state index is 0. The van der Waals surface area contributed by atoms with Gasteiger partial charge in [0.25, 0.3) is 0 Å². The van der Waals surface area contributed by atoms with Crippen molar-refractivity contribution in [1.82, 2.24) is 10.3 Å². The fourth-order valence-corrected chi connectivity index (χ4v) is 5.54. The molecule has 32 heavy (non-hydrogen) atoms. The number of nitrogens with one attached hydrogen (secondary N) is 1. The molecule has 0 spiro atoms. The van der Waals surface area contributed by atoms with Gasteiger partial charge in [-0.2, -0.15) is 0 Å². The third kappa shape index (κ3) is 6.28. The number of carbonyl (C=O) groups is 2. The number of fused-ring (bicyclic) bond motifs is 2. The Morgan fingerprint density at radius 3 is 2.78 bits per heavy atom. The quantitative estimate of drug-likeness (QED) is 0.172. The average molecular weight is 669 g/mol. The molecular weight excluding hydrogens is 639 g/mol. The van der Waals surface area contributed by atoms with Gasteiger partial charge >= 0.3 is 0 Å². The molecule has 1 saturated heterocycles. The summed E-state index contributed by atoms with van der Waals surface area (Å²) in [6.07, 6.45) is 6.42. The van der Waals surface area contributed by atoms with E-state index < -0.39 is 6.04 Å². The molecule has 2 heterocycles. The van der Waals surface area contributed by atoms with Gasteiger partial charge in [-0.15, -0.1) is 17.4 Å². The Bertz CT molecular complexity index is 929. The zero-order chi connectivity index (χ0) is 21.8. The van der Waals surface area contributed by atoms with Crippen molar-refractivity contribution in [2.24, 2.45) is 22.4 Å². The Balaban J connectivity index is 0.00000289. The van der Waals surface area contributed by atoms with E-state index in [4.69, 9.17) is 16.8 Å². The number of hydrogen-bond acceptors (Lipinski definition) is 5. The maximum atomic E-state index is 13.3. The summed E-state index contributed by atoms with van der Waals surface area (Å²) in [7, 11) is 0. The molecule has 169 valence electrons. The topological polar surface area (TPSA) is 138 Å². The second-order valence-corrected chi connectivity index (χ2v) is 9.40. The minimum Gasteiger partial charge on any atom is -0.649 e. The number of aliphatic imine (C=N–C) groups is 1. The molecule has 1 saturated carbocycles. The van der Waals surface area contributed by atoms with E-state index in [1.54, 1.807) is 0 Å². The van der Waals surface area contributed by atoms with Gasteiger partial charge in [0.2, 0.25) is 11.7 Å². The molecule has 1 radical (unpaired) electrons. The number of amides is 1. The normalized spacial score (nSPS) is 23.1. The number of nitrogens with zero attached hydrogens (tertiary/aromatic N) is 3. The predicted molar refractivity (Wildman–Crippen MR) is 123 cm³/mol. The van der Waals surface area contributed by atoms with Gasteiger partial charge in [-0.1, -0.05) is 56.2 Å². The van der Waals surface area contributed by atoms with E-state index in [1.165, 1.54) is 24.2 Å². The summed E-state index contributed by atoms with van der Waals surface area (Å²) in [5.74, 6) is 0.195. The second kappa shape index (κ2) is 11.9. The van der Waals surface area contributed by atoms with E-state index in [1.807, 2.05) is 24.3 Å². The Hall–Kier alpha value is -1.08. The monoisotopic (exact) mass is 668 g/mol. The van der Waals surface area contributed by atoms with Crippen molar-refractivity contribution in [1.29, 1.82) is 0 Å². The van der Waals surface area contributed by atoms with Crippen LogP contribution in [0.15, 0.2) is 29.3 Å². The van der Waals surface area contributed by atoms with Crippen LogP contribution in [0.1, 0.15) is 54.7 Å². The van der Waals surface area contributed by atoms with Gasteiger partial charge < -0.3 is 22.1 Å². The van der Waals surface area contributed by atoms with Gasteiger partial charge in [-0.25, -0.2) is 4.98 Å². The third-order valence-electron chi connectivity index (χ3n) is 6.15. The smallest absolute Gasteiger partial charge is 0.213 e. The van der Waals surface area contributed by atoms with E-state index in [0.29, 0.717) is 36.4 Å². The molecule has 1 aliphatic carbocycles. The molecule has 1 amide bonds. The molecule has 2 aromatic rings. The summed E-state index contributed by atoms with van der Waals surface area (Å²) >= 11 is 1.35. The van der Waals surface area contributed by atoms with Gasteiger partial charge in [0, 0.05) is 50.6 Å². The molecule has 0 bridgehead atoms. The molecular formula is C22H29AcN6O2S-. The van der Waals surface area contributed by atoms with Crippen LogP contribution in [0.3, 0.4) is 0 Å². The van der Waals surface area contributed by atoms with Gasteiger partial charge in [-0.05, 0) is 25.0 Å². The van der Waals surface area contributed by atoms with E-state index in [2.05, 4.69) is 15.3 Å². The van der Waals surface area contributed by atoms with Crippen molar-refractivity contribution < 1.29 is 53.7 Å². The third-order valence-corrected chi connectivity index (χ3v) is 7.20. The summed E-state index contributed by atoms with van der Waals surface area (Å²) in [5.41, 5.74) is 11.6. The first-order valence-electron chi connectivity index (χ1n) is 11.0. The Labute approximate surface area is 227 Å². The number of ketones is 1. The number of benzene rings is 1. The number of carbonyl (C=O) groups excluding carboxylic acids is 2. The van der Waals surface area contributed by atoms with E-state index in [-0.39, 0.29) is 67.8 Å². The molecule has 1 aliphatic heterocycles. The number of nitrogens with two attached hydrogens (primary N) is 2. The first kappa shape index (κ1) is 25.5. The van der Waals surface area contributed by atoms with Crippen LogP contribution in [-0.2, 0) is 4.79 Å². The Morgan fingerprint density at radius 2 is 2.03 bits per heavy atom. The minimum atomic E-state index is -0.667. The fraction of sp³-hybridized carbons (Fsp3) is 0.545. The van der Waals surface area contributed by atoms with Crippen LogP contribution in [0.25, 0.3) is 15.5 Å². The molecule has 1 aromatic heterocycles. The molecule has 1 aromatic carbocycles. The molecule has 2 aliphatic rings. The molecule has 3 unspecified atom stereocenters. The molecule has 10 heteroatoms. The van der Waals surface area contributed by atoms with Crippen LogP contribution >= 0.6 is 11.3 Å². The summed E-state index contributed by atoms with van der Waals surface area (Å²) < 4.78 is 0.950. The van der Waals surface area contributed by atoms with Crippen molar-refractivity contribution in [2.45, 2.75) is 63.1 Å². The zero-order valence-electron chi connectivity index (χ0n) is 18.1.